The zero-order chi connectivity index (χ0) is 12.3. The molecular formula is C13H17IN2O. The quantitative estimate of drug-likeness (QED) is 0.829. The SMILES string of the molecule is NCC1(C(=O)Nc2ccc(I)cc2)CCCC1. The van der Waals surface area contributed by atoms with E-state index in [1.807, 2.05) is 24.3 Å². The lowest BCUT2D eigenvalue weighted by molar-refractivity contribution is -0.124. The normalized spacial score (nSPS) is 18.0. The minimum Gasteiger partial charge on any atom is -0.329 e. The third kappa shape index (κ3) is 2.80. The summed E-state index contributed by atoms with van der Waals surface area (Å²) in [6.07, 6.45) is 4.05. The number of halogens is 1. The van der Waals surface area contributed by atoms with Gasteiger partial charge in [0, 0.05) is 15.8 Å². The van der Waals surface area contributed by atoms with E-state index in [1.165, 1.54) is 0 Å². The molecule has 1 amide bonds. The molecule has 1 aliphatic carbocycles. The highest BCUT2D eigenvalue weighted by Gasteiger charge is 2.39. The van der Waals surface area contributed by atoms with E-state index in [2.05, 4.69) is 27.9 Å². The molecule has 4 heteroatoms. The number of rotatable bonds is 3. The lowest BCUT2D eigenvalue weighted by atomic mass is 9.85. The van der Waals surface area contributed by atoms with Gasteiger partial charge in [-0.1, -0.05) is 12.8 Å². The van der Waals surface area contributed by atoms with Gasteiger partial charge in [-0.05, 0) is 59.7 Å². The molecular weight excluding hydrogens is 327 g/mol. The molecule has 0 spiro atoms. The fraction of sp³-hybridized carbons (Fsp3) is 0.462. The van der Waals surface area contributed by atoms with Crippen molar-refractivity contribution in [1.29, 1.82) is 0 Å². The van der Waals surface area contributed by atoms with Crippen LogP contribution < -0.4 is 11.1 Å². The number of nitrogens with two attached hydrogens (primary N) is 1. The second-order valence-electron chi connectivity index (χ2n) is 4.65. The standard InChI is InChI=1S/C13H17IN2O/c14-10-3-5-11(6-4-10)16-12(17)13(9-15)7-1-2-8-13/h3-6H,1-2,7-9,15H2,(H,16,17). The Morgan fingerprint density at radius 1 is 1.29 bits per heavy atom. The number of hydrogen-bond donors (Lipinski definition) is 2. The Morgan fingerprint density at radius 3 is 2.41 bits per heavy atom. The lowest BCUT2D eigenvalue weighted by Crippen LogP contribution is -2.40. The van der Waals surface area contributed by atoms with Crippen molar-refractivity contribution >= 4 is 34.2 Å². The average Bonchev–Trinajstić information content (AvgIpc) is 2.82. The summed E-state index contributed by atoms with van der Waals surface area (Å²) in [6, 6.07) is 7.83. The number of anilines is 1. The molecule has 0 aromatic heterocycles. The molecule has 0 aliphatic heterocycles. The Kier molecular flexibility index (Phi) is 4.04. The summed E-state index contributed by atoms with van der Waals surface area (Å²) in [5, 5.41) is 2.98. The van der Waals surface area contributed by atoms with Gasteiger partial charge < -0.3 is 11.1 Å². The van der Waals surface area contributed by atoms with E-state index in [-0.39, 0.29) is 11.3 Å². The smallest absolute Gasteiger partial charge is 0.231 e. The van der Waals surface area contributed by atoms with Crippen LogP contribution in [0.4, 0.5) is 5.69 Å². The highest BCUT2D eigenvalue weighted by atomic mass is 127. The minimum atomic E-state index is -0.330. The van der Waals surface area contributed by atoms with Crippen LogP contribution in [0.3, 0.4) is 0 Å². The third-order valence-electron chi connectivity index (χ3n) is 3.54. The molecule has 92 valence electrons. The van der Waals surface area contributed by atoms with Crippen LogP contribution in [0.5, 0.6) is 0 Å². The molecule has 2 rings (SSSR count). The zero-order valence-electron chi connectivity index (χ0n) is 9.71. The van der Waals surface area contributed by atoms with Crippen molar-refractivity contribution in [3.63, 3.8) is 0 Å². The summed E-state index contributed by atoms with van der Waals surface area (Å²) < 4.78 is 1.16. The van der Waals surface area contributed by atoms with Crippen LogP contribution in [0.15, 0.2) is 24.3 Å². The highest BCUT2D eigenvalue weighted by molar-refractivity contribution is 14.1. The number of nitrogens with one attached hydrogen (secondary N) is 1. The lowest BCUT2D eigenvalue weighted by Gasteiger charge is -2.25. The Bertz CT molecular complexity index is 396. The maximum absolute atomic E-state index is 12.3. The fourth-order valence-corrected chi connectivity index (χ4v) is 2.73. The van der Waals surface area contributed by atoms with Crippen LogP contribution in [0, 0.1) is 8.99 Å². The van der Waals surface area contributed by atoms with Crippen molar-refractivity contribution in [1.82, 2.24) is 0 Å². The number of hydrogen-bond acceptors (Lipinski definition) is 2. The van der Waals surface area contributed by atoms with Crippen molar-refractivity contribution in [2.75, 3.05) is 11.9 Å². The predicted octanol–water partition coefficient (Wildman–Crippen LogP) is 2.75. The predicted molar refractivity (Wildman–Crippen MR) is 77.7 cm³/mol. The van der Waals surface area contributed by atoms with E-state index in [0.717, 1.165) is 34.9 Å². The van der Waals surface area contributed by atoms with E-state index in [4.69, 9.17) is 5.73 Å². The van der Waals surface area contributed by atoms with E-state index < -0.39 is 0 Å². The van der Waals surface area contributed by atoms with Gasteiger partial charge in [-0.25, -0.2) is 0 Å². The van der Waals surface area contributed by atoms with E-state index >= 15 is 0 Å². The first-order valence-electron chi connectivity index (χ1n) is 5.93. The topological polar surface area (TPSA) is 55.1 Å². The van der Waals surface area contributed by atoms with Gasteiger partial charge in [0.15, 0.2) is 0 Å². The first-order valence-corrected chi connectivity index (χ1v) is 7.01. The number of benzene rings is 1. The first-order chi connectivity index (χ1) is 8.16. The van der Waals surface area contributed by atoms with Crippen LogP contribution in [0.25, 0.3) is 0 Å². The van der Waals surface area contributed by atoms with Crippen LogP contribution in [-0.2, 0) is 4.79 Å². The average molecular weight is 344 g/mol. The molecule has 17 heavy (non-hydrogen) atoms. The molecule has 1 saturated carbocycles. The molecule has 1 aromatic carbocycles. The number of amides is 1. The summed E-state index contributed by atoms with van der Waals surface area (Å²) in [5.41, 5.74) is 6.31. The maximum atomic E-state index is 12.3. The molecule has 0 bridgehead atoms. The Labute approximate surface area is 115 Å². The van der Waals surface area contributed by atoms with Crippen molar-refractivity contribution < 1.29 is 4.79 Å². The number of carbonyl (C=O) groups is 1. The van der Waals surface area contributed by atoms with Gasteiger partial charge in [0.05, 0.1) is 5.41 Å². The summed E-state index contributed by atoms with van der Waals surface area (Å²) in [7, 11) is 0. The fourth-order valence-electron chi connectivity index (χ4n) is 2.37. The van der Waals surface area contributed by atoms with Crippen molar-refractivity contribution in [3.8, 4) is 0 Å². The second kappa shape index (κ2) is 5.35. The van der Waals surface area contributed by atoms with Crippen LogP contribution in [0.2, 0.25) is 0 Å². The number of carbonyl (C=O) groups excluding carboxylic acids is 1. The van der Waals surface area contributed by atoms with Crippen LogP contribution >= 0.6 is 22.6 Å². The largest absolute Gasteiger partial charge is 0.329 e. The first kappa shape index (κ1) is 12.8. The summed E-state index contributed by atoms with van der Waals surface area (Å²) in [6.45, 7) is 0.448. The molecule has 1 aromatic rings. The Hall–Kier alpha value is -0.620. The van der Waals surface area contributed by atoms with Gasteiger partial charge in [0.25, 0.3) is 0 Å². The molecule has 3 N–H and O–H groups in total. The van der Waals surface area contributed by atoms with Gasteiger partial charge in [0.2, 0.25) is 5.91 Å². The van der Waals surface area contributed by atoms with Gasteiger partial charge in [0.1, 0.15) is 0 Å². The van der Waals surface area contributed by atoms with E-state index in [1.54, 1.807) is 0 Å². The molecule has 0 radical (unpaired) electrons. The summed E-state index contributed by atoms with van der Waals surface area (Å²) in [5.74, 6) is 0.0821. The van der Waals surface area contributed by atoms with Crippen molar-refractivity contribution in [3.05, 3.63) is 27.8 Å². The molecule has 0 atom stereocenters. The summed E-state index contributed by atoms with van der Waals surface area (Å²) in [4.78, 5) is 12.3. The summed E-state index contributed by atoms with van der Waals surface area (Å²) >= 11 is 2.25. The van der Waals surface area contributed by atoms with E-state index in [0.29, 0.717) is 6.54 Å². The molecule has 1 aliphatic rings. The highest BCUT2D eigenvalue weighted by Crippen LogP contribution is 2.38. The molecule has 0 heterocycles. The maximum Gasteiger partial charge on any atom is 0.231 e. The minimum absolute atomic E-state index is 0.0821. The van der Waals surface area contributed by atoms with Gasteiger partial charge in [-0.2, -0.15) is 0 Å². The molecule has 1 fully saturated rings. The Morgan fingerprint density at radius 2 is 1.88 bits per heavy atom. The monoisotopic (exact) mass is 344 g/mol. The van der Waals surface area contributed by atoms with Gasteiger partial charge >= 0.3 is 0 Å². The van der Waals surface area contributed by atoms with E-state index in [9.17, 15) is 4.79 Å². The van der Waals surface area contributed by atoms with Gasteiger partial charge in [-0.3, -0.25) is 4.79 Å². The van der Waals surface area contributed by atoms with Crippen molar-refractivity contribution in [2.45, 2.75) is 25.7 Å². The van der Waals surface area contributed by atoms with Crippen LogP contribution in [0.1, 0.15) is 25.7 Å². The second-order valence-corrected chi connectivity index (χ2v) is 5.90. The van der Waals surface area contributed by atoms with Gasteiger partial charge in [-0.15, -0.1) is 0 Å². The third-order valence-corrected chi connectivity index (χ3v) is 4.25. The molecule has 3 nitrogen and oxygen atoms in total. The van der Waals surface area contributed by atoms with Crippen molar-refractivity contribution in [2.24, 2.45) is 11.1 Å². The molecule has 0 saturated heterocycles. The Balaban J connectivity index is 2.08. The molecule has 0 unspecified atom stereocenters. The van der Waals surface area contributed by atoms with Crippen LogP contribution in [-0.4, -0.2) is 12.5 Å². The zero-order valence-corrected chi connectivity index (χ0v) is 11.9.